The topological polar surface area (TPSA) is 0 Å². The molecule has 0 bridgehead atoms. The molecule has 0 N–H and O–H groups in total. The SMILES string of the molecule is Brc1cccc([Si](c2ccccc2)c2ccccc2Br)c1. The first kappa shape index (κ1) is 14.8. The second-order valence-corrected chi connectivity index (χ2v) is 8.94. The third kappa shape index (κ3) is 3.36. The first-order chi connectivity index (χ1) is 10.3. The molecule has 3 aromatic rings. The second-order valence-electron chi connectivity index (χ2n) is 4.73. The van der Waals surface area contributed by atoms with Crippen LogP contribution in [0.15, 0.2) is 87.8 Å². The minimum atomic E-state index is -1.01. The fraction of sp³-hybridized carbons (Fsp3) is 0. The zero-order valence-electron chi connectivity index (χ0n) is 11.3. The molecule has 0 aliphatic rings. The molecule has 103 valence electrons. The molecule has 0 spiro atoms. The Labute approximate surface area is 143 Å². The Morgan fingerprint density at radius 2 is 1.29 bits per heavy atom. The summed E-state index contributed by atoms with van der Waals surface area (Å²) in [6.45, 7) is 0. The minimum absolute atomic E-state index is 1.01. The third-order valence-electron chi connectivity index (χ3n) is 3.32. The normalized spacial score (nSPS) is 10.8. The van der Waals surface area contributed by atoms with Gasteiger partial charge in [-0.15, -0.1) is 0 Å². The van der Waals surface area contributed by atoms with Gasteiger partial charge < -0.3 is 0 Å². The van der Waals surface area contributed by atoms with Crippen molar-refractivity contribution in [3.8, 4) is 0 Å². The van der Waals surface area contributed by atoms with Crippen molar-refractivity contribution in [3.63, 3.8) is 0 Å². The Balaban J connectivity index is 2.19. The average Bonchev–Trinajstić information content (AvgIpc) is 2.51. The number of rotatable bonds is 3. The molecule has 0 unspecified atom stereocenters. The number of benzene rings is 3. The Morgan fingerprint density at radius 3 is 2.00 bits per heavy atom. The van der Waals surface area contributed by atoms with Crippen molar-refractivity contribution in [2.45, 2.75) is 0 Å². The van der Waals surface area contributed by atoms with E-state index in [0.29, 0.717) is 0 Å². The maximum Gasteiger partial charge on any atom is 0.156 e. The third-order valence-corrected chi connectivity index (χ3v) is 7.64. The molecule has 0 saturated carbocycles. The smallest absolute Gasteiger partial charge is 0.0624 e. The van der Waals surface area contributed by atoms with Gasteiger partial charge in [-0.3, -0.25) is 0 Å². The molecular formula is C18H13Br2Si. The van der Waals surface area contributed by atoms with E-state index in [-0.39, 0.29) is 0 Å². The molecule has 1 radical (unpaired) electrons. The molecule has 21 heavy (non-hydrogen) atoms. The molecule has 3 aromatic carbocycles. The van der Waals surface area contributed by atoms with Crippen molar-refractivity contribution >= 4 is 56.2 Å². The summed E-state index contributed by atoms with van der Waals surface area (Å²) in [6, 6.07) is 28.0. The molecule has 0 heterocycles. The van der Waals surface area contributed by atoms with Crippen LogP contribution in [0.3, 0.4) is 0 Å². The summed E-state index contributed by atoms with van der Waals surface area (Å²) in [4.78, 5) is 0. The Kier molecular flexibility index (Phi) is 4.73. The molecule has 0 aromatic heterocycles. The van der Waals surface area contributed by atoms with Gasteiger partial charge in [-0.05, 0) is 28.6 Å². The van der Waals surface area contributed by atoms with Gasteiger partial charge in [0.25, 0.3) is 0 Å². The van der Waals surface area contributed by atoms with E-state index < -0.39 is 8.80 Å². The van der Waals surface area contributed by atoms with E-state index in [4.69, 9.17) is 0 Å². The highest BCUT2D eigenvalue weighted by molar-refractivity contribution is 9.11. The lowest BCUT2D eigenvalue weighted by Crippen LogP contribution is -2.52. The van der Waals surface area contributed by atoms with Crippen molar-refractivity contribution in [3.05, 3.63) is 87.8 Å². The van der Waals surface area contributed by atoms with Gasteiger partial charge in [0.05, 0.1) is 0 Å². The molecule has 0 nitrogen and oxygen atoms in total. The van der Waals surface area contributed by atoms with Gasteiger partial charge in [-0.2, -0.15) is 0 Å². The average molecular weight is 417 g/mol. The number of hydrogen-bond acceptors (Lipinski definition) is 0. The fourth-order valence-corrected chi connectivity index (χ4v) is 6.51. The molecule has 0 atom stereocenters. The van der Waals surface area contributed by atoms with Crippen LogP contribution in [0.2, 0.25) is 0 Å². The van der Waals surface area contributed by atoms with E-state index in [1.54, 1.807) is 0 Å². The van der Waals surface area contributed by atoms with Gasteiger partial charge in [0.15, 0.2) is 8.80 Å². The predicted molar refractivity (Wildman–Crippen MR) is 99.4 cm³/mol. The first-order valence-corrected chi connectivity index (χ1v) is 9.77. The van der Waals surface area contributed by atoms with E-state index in [2.05, 4.69) is 111 Å². The van der Waals surface area contributed by atoms with E-state index in [1.165, 1.54) is 20.0 Å². The van der Waals surface area contributed by atoms with Gasteiger partial charge >= 0.3 is 0 Å². The lowest BCUT2D eigenvalue weighted by Gasteiger charge is -2.18. The fourth-order valence-electron chi connectivity index (χ4n) is 2.39. The summed E-state index contributed by atoms with van der Waals surface area (Å²) in [5.41, 5.74) is 0. The minimum Gasteiger partial charge on any atom is -0.0624 e. The van der Waals surface area contributed by atoms with Crippen LogP contribution < -0.4 is 15.6 Å². The van der Waals surface area contributed by atoms with Crippen molar-refractivity contribution in [2.24, 2.45) is 0 Å². The monoisotopic (exact) mass is 415 g/mol. The summed E-state index contributed by atoms with van der Waals surface area (Å²) < 4.78 is 2.31. The highest BCUT2D eigenvalue weighted by Gasteiger charge is 2.21. The Bertz CT molecular complexity index is 741. The highest BCUT2D eigenvalue weighted by Crippen LogP contribution is 2.10. The molecular weight excluding hydrogens is 404 g/mol. The number of hydrogen-bond donors (Lipinski definition) is 0. The standard InChI is InChI=1S/C18H13Br2Si/c19-14-7-6-10-16(13-14)21(15-8-2-1-3-9-15)18-12-5-4-11-17(18)20/h1-13H. The lowest BCUT2D eigenvalue weighted by molar-refractivity contribution is 1.66. The van der Waals surface area contributed by atoms with Crippen molar-refractivity contribution in [2.75, 3.05) is 0 Å². The summed E-state index contributed by atoms with van der Waals surface area (Å²) in [5, 5.41) is 4.16. The van der Waals surface area contributed by atoms with Crippen molar-refractivity contribution < 1.29 is 0 Å². The van der Waals surface area contributed by atoms with Gasteiger partial charge in [-0.25, -0.2) is 0 Å². The summed E-state index contributed by atoms with van der Waals surface area (Å²) in [7, 11) is -1.01. The van der Waals surface area contributed by atoms with Gasteiger partial charge in [0.2, 0.25) is 0 Å². The quantitative estimate of drug-likeness (QED) is 0.450. The number of halogens is 2. The second kappa shape index (κ2) is 6.73. The maximum atomic E-state index is 3.72. The van der Waals surface area contributed by atoms with E-state index >= 15 is 0 Å². The van der Waals surface area contributed by atoms with Crippen LogP contribution >= 0.6 is 31.9 Å². The molecule has 0 aliphatic heterocycles. The van der Waals surface area contributed by atoms with Crippen LogP contribution in [0, 0.1) is 0 Å². The Hall–Kier alpha value is -1.16. The Morgan fingerprint density at radius 1 is 0.619 bits per heavy atom. The van der Waals surface area contributed by atoms with Crippen LogP contribution in [0.25, 0.3) is 0 Å². The van der Waals surface area contributed by atoms with Crippen molar-refractivity contribution in [1.82, 2.24) is 0 Å². The van der Waals surface area contributed by atoms with Gasteiger partial charge in [0.1, 0.15) is 0 Å². The molecule has 3 heteroatoms. The summed E-state index contributed by atoms with van der Waals surface area (Å²) in [6.07, 6.45) is 0. The van der Waals surface area contributed by atoms with E-state index in [9.17, 15) is 0 Å². The first-order valence-electron chi connectivity index (χ1n) is 6.69. The van der Waals surface area contributed by atoms with Crippen LogP contribution in [0.5, 0.6) is 0 Å². The van der Waals surface area contributed by atoms with Crippen LogP contribution in [0.1, 0.15) is 0 Å². The molecule has 0 amide bonds. The summed E-state index contributed by atoms with van der Waals surface area (Å²) in [5.74, 6) is 0. The molecule has 0 fully saturated rings. The maximum absolute atomic E-state index is 3.72. The molecule has 0 saturated heterocycles. The molecule has 3 rings (SSSR count). The van der Waals surface area contributed by atoms with Gasteiger partial charge in [0, 0.05) is 8.95 Å². The zero-order chi connectivity index (χ0) is 14.7. The highest BCUT2D eigenvalue weighted by atomic mass is 79.9. The largest absolute Gasteiger partial charge is 0.156 e. The van der Waals surface area contributed by atoms with Crippen LogP contribution in [-0.2, 0) is 0 Å². The van der Waals surface area contributed by atoms with E-state index in [1.807, 2.05) is 0 Å². The predicted octanol–water partition coefficient (Wildman–Crippen LogP) is 3.73. The summed E-state index contributed by atoms with van der Waals surface area (Å²) >= 11 is 7.32. The molecule has 0 aliphatic carbocycles. The van der Waals surface area contributed by atoms with E-state index in [0.717, 1.165) is 4.47 Å². The zero-order valence-corrected chi connectivity index (χ0v) is 15.4. The van der Waals surface area contributed by atoms with Crippen LogP contribution in [0.4, 0.5) is 0 Å². The van der Waals surface area contributed by atoms with Crippen molar-refractivity contribution in [1.29, 1.82) is 0 Å². The van der Waals surface area contributed by atoms with Crippen LogP contribution in [-0.4, -0.2) is 8.80 Å². The lowest BCUT2D eigenvalue weighted by atomic mass is 10.3. The van der Waals surface area contributed by atoms with Gasteiger partial charge in [-0.1, -0.05) is 97.7 Å².